The zero-order valence-electron chi connectivity index (χ0n) is 13.0. The molecule has 4 rings (SSSR count). The first-order chi connectivity index (χ1) is 10.9. The maximum Gasteiger partial charge on any atom is 0.163 e. The van der Waals surface area contributed by atoms with Gasteiger partial charge < -0.3 is 14.0 Å². The summed E-state index contributed by atoms with van der Waals surface area (Å²) in [4.78, 5) is 0. The first-order valence-corrected chi connectivity index (χ1v) is 9.77. The number of nitrogens with zero attached hydrogens (tertiary/aromatic N) is 1. The van der Waals surface area contributed by atoms with Gasteiger partial charge >= 0.3 is 0 Å². The van der Waals surface area contributed by atoms with Gasteiger partial charge in [0.2, 0.25) is 0 Å². The summed E-state index contributed by atoms with van der Waals surface area (Å²) in [5, 5.41) is 2.62. The zero-order chi connectivity index (χ0) is 16.2. The van der Waals surface area contributed by atoms with Crippen molar-refractivity contribution in [2.45, 2.75) is 32.3 Å². The third kappa shape index (κ3) is 3.01. The van der Waals surface area contributed by atoms with Gasteiger partial charge in [-0.3, -0.25) is 0 Å². The van der Waals surface area contributed by atoms with Gasteiger partial charge in [0.1, 0.15) is 6.10 Å². The third-order valence-corrected chi connectivity index (χ3v) is 5.58. The molecular formula is C18H17I2NO2. The zero-order valence-corrected chi connectivity index (χ0v) is 17.3. The van der Waals surface area contributed by atoms with Crippen LogP contribution in [0.15, 0.2) is 36.4 Å². The van der Waals surface area contributed by atoms with Gasteiger partial charge in [0.05, 0.1) is 13.2 Å². The van der Waals surface area contributed by atoms with E-state index in [1.807, 2.05) is 13.8 Å². The highest BCUT2D eigenvalue weighted by molar-refractivity contribution is 14.1. The van der Waals surface area contributed by atoms with E-state index in [9.17, 15) is 0 Å². The van der Waals surface area contributed by atoms with Crippen molar-refractivity contribution in [2.75, 3.05) is 6.61 Å². The minimum absolute atomic E-state index is 0.0855. The van der Waals surface area contributed by atoms with Gasteiger partial charge in [0, 0.05) is 28.9 Å². The van der Waals surface area contributed by atoms with Gasteiger partial charge in [0.15, 0.2) is 5.79 Å². The molecule has 3 aromatic rings. The van der Waals surface area contributed by atoms with Crippen LogP contribution in [0.4, 0.5) is 0 Å². The highest BCUT2D eigenvalue weighted by atomic mass is 127. The summed E-state index contributed by atoms with van der Waals surface area (Å²) in [5.74, 6) is -0.478. The lowest BCUT2D eigenvalue weighted by molar-refractivity contribution is -0.139. The first kappa shape index (κ1) is 16.1. The van der Waals surface area contributed by atoms with Crippen molar-refractivity contribution in [3.63, 3.8) is 0 Å². The van der Waals surface area contributed by atoms with Crippen molar-refractivity contribution in [2.24, 2.45) is 0 Å². The van der Waals surface area contributed by atoms with E-state index in [2.05, 4.69) is 86.1 Å². The van der Waals surface area contributed by atoms with Crippen molar-refractivity contribution >= 4 is 67.0 Å². The lowest BCUT2D eigenvalue weighted by Gasteiger charge is -2.18. The fourth-order valence-corrected chi connectivity index (χ4v) is 4.28. The van der Waals surface area contributed by atoms with E-state index < -0.39 is 5.79 Å². The average Bonchev–Trinajstić information content (AvgIpc) is 2.97. The first-order valence-electron chi connectivity index (χ1n) is 7.62. The Kier molecular flexibility index (Phi) is 4.10. The van der Waals surface area contributed by atoms with Crippen LogP contribution >= 0.6 is 45.2 Å². The van der Waals surface area contributed by atoms with Crippen LogP contribution in [-0.4, -0.2) is 23.1 Å². The van der Waals surface area contributed by atoms with E-state index in [4.69, 9.17) is 9.47 Å². The van der Waals surface area contributed by atoms with Crippen LogP contribution in [-0.2, 0) is 16.0 Å². The molecule has 0 amide bonds. The second-order valence-electron chi connectivity index (χ2n) is 6.38. The minimum Gasteiger partial charge on any atom is -0.348 e. The summed E-state index contributed by atoms with van der Waals surface area (Å²) in [6.45, 7) is 5.40. The highest BCUT2D eigenvalue weighted by Gasteiger charge is 2.33. The van der Waals surface area contributed by atoms with Gasteiger partial charge in [-0.2, -0.15) is 0 Å². The van der Waals surface area contributed by atoms with Crippen molar-refractivity contribution in [1.82, 2.24) is 4.57 Å². The molecule has 5 heteroatoms. The van der Waals surface area contributed by atoms with E-state index in [0.717, 1.165) is 6.54 Å². The number of ether oxygens (including phenoxy) is 2. The Morgan fingerprint density at radius 1 is 1.04 bits per heavy atom. The van der Waals surface area contributed by atoms with Crippen LogP contribution in [0.2, 0.25) is 0 Å². The monoisotopic (exact) mass is 533 g/mol. The average molecular weight is 533 g/mol. The van der Waals surface area contributed by atoms with Crippen molar-refractivity contribution < 1.29 is 9.47 Å². The molecule has 1 saturated heterocycles. The number of hydrogen-bond donors (Lipinski definition) is 0. The second-order valence-corrected chi connectivity index (χ2v) is 8.88. The van der Waals surface area contributed by atoms with Crippen LogP contribution in [0, 0.1) is 7.14 Å². The summed E-state index contributed by atoms with van der Waals surface area (Å²) >= 11 is 4.75. The topological polar surface area (TPSA) is 23.4 Å². The van der Waals surface area contributed by atoms with E-state index >= 15 is 0 Å². The predicted octanol–water partition coefficient (Wildman–Crippen LogP) is 5.16. The molecule has 120 valence electrons. The lowest BCUT2D eigenvalue weighted by Crippen LogP contribution is -2.24. The molecule has 1 aromatic heterocycles. The van der Waals surface area contributed by atoms with Gasteiger partial charge in [-0.05, 0) is 95.4 Å². The van der Waals surface area contributed by atoms with Gasteiger partial charge in [0.25, 0.3) is 0 Å². The molecule has 0 bridgehead atoms. The minimum atomic E-state index is -0.478. The maximum absolute atomic E-state index is 6.02. The summed E-state index contributed by atoms with van der Waals surface area (Å²) in [6, 6.07) is 13.3. The molecule has 0 saturated carbocycles. The van der Waals surface area contributed by atoms with E-state index in [1.165, 1.54) is 28.9 Å². The molecule has 0 unspecified atom stereocenters. The number of benzene rings is 2. The molecule has 0 spiro atoms. The molecule has 2 aromatic carbocycles. The van der Waals surface area contributed by atoms with Crippen LogP contribution < -0.4 is 0 Å². The molecule has 1 fully saturated rings. The maximum atomic E-state index is 6.02. The molecule has 23 heavy (non-hydrogen) atoms. The molecule has 3 nitrogen and oxygen atoms in total. The second kappa shape index (κ2) is 5.86. The van der Waals surface area contributed by atoms with E-state index in [1.54, 1.807) is 0 Å². The summed E-state index contributed by atoms with van der Waals surface area (Å²) in [6.07, 6.45) is 0.0855. The standard InChI is InChI=1S/C18H17I2NO2/c1-18(2)22-10-13(23-18)9-21-16-5-3-11(19)7-14(16)15-8-12(20)4-6-17(15)21/h3-8,13H,9-10H2,1-2H3/t13-/m1/s1. The molecular weight excluding hydrogens is 516 g/mol. The molecule has 0 aliphatic carbocycles. The smallest absolute Gasteiger partial charge is 0.163 e. The summed E-state index contributed by atoms with van der Waals surface area (Å²) in [7, 11) is 0. The van der Waals surface area contributed by atoms with Gasteiger partial charge in [-0.1, -0.05) is 0 Å². The Bertz CT molecular complexity index is 842. The number of halogens is 2. The van der Waals surface area contributed by atoms with E-state index in [0.29, 0.717) is 6.61 Å². The van der Waals surface area contributed by atoms with Gasteiger partial charge in [-0.25, -0.2) is 0 Å². The molecule has 1 atom stereocenters. The quantitative estimate of drug-likeness (QED) is 0.426. The number of fused-ring (bicyclic) bond motifs is 3. The highest BCUT2D eigenvalue weighted by Crippen LogP contribution is 2.33. The normalized spacial score (nSPS) is 20.6. The van der Waals surface area contributed by atoms with Crippen molar-refractivity contribution in [3.05, 3.63) is 43.5 Å². The van der Waals surface area contributed by atoms with E-state index in [-0.39, 0.29) is 6.10 Å². The van der Waals surface area contributed by atoms with Crippen LogP contribution in [0.1, 0.15) is 13.8 Å². The number of aromatic nitrogens is 1. The Hall–Kier alpha value is -0.380. The largest absolute Gasteiger partial charge is 0.348 e. The number of rotatable bonds is 2. The fraction of sp³-hybridized carbons (Fsp3) is 0.333. The fourth-order valence-electron chi connectivity index (χ4n) is 3.30. The molecule has 2 heterocycles. The molecule has 0 N–H and O–H groups in total. The van der Waals surface area contributed by atoms with Crippen molar-refractivity contribution in [1.29, 1.82) is 0 Å². The Morgan fingerprint density at radius 2 is 1.61 bits per heavy atom. The summed E-state index contributed by atoms with van der Waals surface area (Å²) < 4.78 is 16.6. The Balaban J connectivity index is 1.87. The summed E-state index contributed by atoms with van der Waals surface area (Å²) in [5.41, 5.74) is 2.52. The number of hydrogen-bond acceptors (Lipinski definition) is 2. The lowest BCUT2D eigenvalue weighted by atomic mass is 10.2. The van der Waals surface area contributed by atoms with Gasteiger partial charge in [-0.15, -0.1) is 0 Å². The van der Waals surface area contributed by atoms with Crippen LogP contribution in [0.3, 0.4) is 0 Å². The van der Waals surface area contributed by atoms with Crippen LogP contribution in [0.5, 0.6) is 0 Å². The molecule has 1 aliphatic heterocycles. The SMILES string of the molecule is CC1(C)OC[C@@H](Cn2c3ccc(I)cc3c3cc(I)ccc32)O1. The third-order valence-electron chi connectivity index (χ3n) is 4.24. The molecule has 0 radical (unpaired) electrons. The Morgan fingerprint density at radius 3 is 2.09 bits per heavy atom. The Labute approximate surface area is 162 Å². The molecule has 1 aliphatic rings. The van der Waals surface area contributed by atoms with Crippen LogP contribution in [0.25, 0.3) is 21.8 Å². The van der Waals surface area contributed by atoms with Crippen molar-refractivity contribution in [3.8, 4) is 0 Å². The predicted molar refractivity (Wildman–Crippen MR) is 110 cm³/mol.